The van der Waals surface area contributed by atoms with Crippen molar-refractivity contribution in [1.29, 1.82) is 0 Å². The molecule has 1 nitrogen and oxygen atoms in total. The number of hydrogen-bond acceptors (Lipinski definition) is 1. The summed E-state index contributed by atoms with van der Waals surface area (Å²) in [7, 11) is 0. The zero-order valence-corrected chi connectivity index (χ0v) is 5.48. The van der Waals surface area contributed by atoms with E-state index in [9.17, 15) is 0 Å². The van der Waals surface area contributed by atoms with E-state index in [-0.39, 0.29) is 34.1 Å². The largest absolute Gasteiger partial charge is 0.166 e. The number of rotatable bonds is 0. The van der Waals surface area contributed by atoms with Crippen LogP contribution in [0, 0.1) is 0 Å². The van der Waals surface area contributed by atoms with Gasteiger partial charge in [0, 0.05) is 34.1 Å². The molecular formula is Cl2CuMnO. The van der Waals surface area contributed by atoms with Crippen LogP contribution in [0.4, 0.5) is 0 Å². The summed E-state index contributed by atoms with van der Waals surface area (Å²) < 4.78 is 3.19. The first-order chi connectivity index (χ1) is 1.41. The Morgan fingerprint density at radius 3 is 1.20 bits per heavy atom. The van der Waals surface area contributed by atoms with Crippen LogP contribution < -0.4 is 0 Å². The molecule has 0 bridgehead atoms. The van der Waals surface area contributed by atoms with E-state index in [4.69, 9.17) is 0 Å². The van der Waals surface area contributed by atoms with E-state index < -0.39 is 0 Å². The van der Waals surface area contributed by atoms with Crippen LogP contribution in [0.5, 0.6) is 0 Å². The second-order valence-corrected chi connectivity index (χ2v) is 0.525. The summed E-state index contributed by atoms with van der Waals surface area (Å²) in [4.78, 5) is 0. The third kappa shape index (κ3) is 28.7. The Morgan fingerprint density at radius 2 is 1.20 bits per heavy atom. The maximum Gasteiger partial charge on any atom is 0.0832 e. The maximum absolute atomic E-state index is 4.26. The van der Waals surface area contributed by atoms with Crippen LogP contribution in [0.3, 0.4) is 0 Å². The molecule has 0 amide bonds. The summed E-state index contributed by atoms with van der Waals surface area (Å²) in [5, 5.41) is 0. The van der Waals surface area contributed by atoms with Crippen LogP contribution in [0.15, 0.2) is 0 Å². The van der Waals surface area contributed by atoms with Gasteiger partial charge in [-0.2, -0.15) is 3.84 Å². The fourth-order valence-electron chi connectivity index (χ4n) is 0. The number of hydrogen-bond donors (Lipinski definition) is 0. The van der Waals surface area contributed by atoms with Crippen molar-refractivity contribution in [2.24, 2.45) is 0 Å². The molecule has 5 heavy (non-hydrogen) atoms. The van der Waals surface area contributed by atoms with E-state index in [0.717, 1.165) is 0 Å². The van der Waals surface area contributed by atoms with Crippen molar-refractivity contribution in [3.05, 3.63) is 0 Å². The van der Waals surface area contributed by atoms with Gasteiger partial charge in [0.25, 0.3) is 0 Å². The molecule has 0 N–H and O–H groups in total. The van der Waals surface area contributed by atoms with E-state index in [1.54, 1.807) is 0 Å². The quantitative estimate of drug-likeness (QED) is 0.542. The molecule has 0 saturated carbocycles. The van der Waals surface area contributed by atoms with Crippen molar-refractivity contribution < 1.29 is 38.0 Å². The Labute approximate surface area is 61.6 Å². The van der Waals surface area contributed by atoms with Crippen molar-refractivity contribution in [2.45, 2.75) is 0 Å². The minimum atomic E-state index is 0. The van der Waals surface area contributed by atoms with Crippen LogP contribution in [0.25, 0.3) is 0 Å². The van der Waals surface area contributed by atoms with Crippen LogP contribution in [0.2, 0.25) is 0 Å². The third-order valence-corrected chi connectivity index (χ3v) is 0. The normalized spacial score (nSPS) is 3.60. The third-order valence-electron chi connectivity index (χ3n) is 0. The zero-order valence-electron chi connectivity index (χ0n) is 1.84. The van der Waals surface area contributed by atoms with Gasteiger partial charge in [0.05, 0.1) is 23.7 Å². The summed E-state index contributed by atoms with van der Waals surface area (Å²) in [6, 6.07) is 0. The molecule has 5 heteroatoms. The van der Waals surface area contributed by atoms with Gasteiger partial charge in [-0.05, 0) is 0 Å². The SMILES string of the molecule is ClOCl.[Cu].[Mn]. The molecule has 0 heterocycles. The van der Waals surface area contributed by atoms with Gasteiger partial charge in [-0.15, -0.1) is 0 Å². The molecule has 0 atom stereocenters. The molecular weight excluding hydrogens is 205 g/mol. The summed E-state index contributed by atoms with van der Waals surface area (Å²) in [6.07, 6.45) is 0. The summed E-state index contributed by atoms with van der Waals surface area (Å²) in [5.41, 5.74) is 0. The molecule has 0 aromatic rings. The van der Waals surface area contributed by atoms with Crippen molar-refractivity contribution in [2.75, 3.05) is 0 Å². The van der Waals surface area contributed by atoms with Gasteiger partial charge < -0.3 is 0 Å². The first kappa shape index (κ1) is 16.0. The van der Waals surface area contributed by atoms with E-state index in [1.807, 2.05) is 0 Å². The summed E-state index contributed by atoms with van der Waals surface area (Å²) >= 11 is 8.53. The second-order valence-electron chi connectivity index (χ2n) is 0.0583. The predicted octanol–water partition coefficient (Wildman–Crippen LogP) is 1.31. The van der Waals surface area contributed by atoms with Crippen LogP contribution in [0.1, 0.15) is 0 Å². The topological polar surface area (TPSA) is 9.23 Å². The van der Waals surface area contributed by atoms with Gasteiger partial charge in [-0.1, -0.05) is 0 Å². The molecule has 0 unspecified atom stereocenters. The maximum atomic E-state index is 4.26. The van der Waals surface area contributed by atoms with E-state index in [2.05, 4.69) is 27.6 Å². The molecule has 0 aliphatic heterocycles. The molecule has 0 saturated heterocycles. The molecule has 0 aliphatic carbocycles. The molecule has 38 valence electrons. The Morgan fingerprint density at radius 1 is 1.20 bits per heavy atom. The van der Waals surface area contributed by atoms with Crippen LogP contribution >= 0.6 is 23.7 Å². The minimum Gasteiger partial charge on any atom is -0.166 e. The fraction of sp³-hybridized carbons (Fsp3) is 0. The smallest absolute Gasteiger partial charge is 0.0832 e. The Hall–Kier alpha value is 1.58. The van der Waals surface area contributed by atoms with E-state index >= 15 is 0 Å². The van der Waals surface area contributed by atoms with Crippen LogP contribution in [-0.2, 0) is 38.0 Å². The minimum absolute atomic E-state index is 0. The van der Waals surface area contributed by atoms with E-state index in [1.165, 1.54) is 0 Å². The Kier molecular flexibility index (Phi) is 56.2. The van der Waals surface area contributed by atoms with Gasteiger partial charge in [0.15, 0.2) is 0 Å². The van der Waals surface area contributed by atoms with Gasteiger partial charge in [0.2, 0.25) is 0 Å². The summed E-state index contributed by atoms with van der Waals surface area (Å²) in [6.45, 7) is 0. The average molecular weight is 205 g/mol. The number of halogens is 2. The molecule has 0 aliphatic rings. The fourth-order valence-corrected chi connectivity index (χ4v) is 0. The van der Waals surface area contributed by atoms with Gasteiger partial charge >= 0.3 is 0 Å². The second kappa shape index (κ2) is 17.6. The van der Waals surface area contributed by atoms with Crippen molar-refractivity contribution in [1.82, 2.24) is 0 Å². The first-order valence-electron chi connectivity index (χ1n) is 0.309. The van der Waals surface area contributed by atoms with Gasteiger partial charge in [-0.3, -0.25) is 0 Å². The standard InChI is InChI=1S/Cl2O.Cu.Mn/c1-3-2;;. The van der Waals surface area contributed by atoms with E-state index in [0.29, 0.717) is 0 Å². The first-order valence-corrected chi connectivity index (χ1v) is 0.926. The molecule has 0 rings (SSSR count). The predicted molar refractivity (Wildman–Crippen MR) is 12.8 cm³/mol. The zero-order chi connectivity index (χ0) is 2.71. The van der Waals surface area contributed by atoms with Gasteiger partial charge in [-0.25, -0.2) is 0 Å². The molecule has 0 aromatic heterocycles. The van der Waals surface area contributed by atoms with Crippen LogP contribution in [-0.4, -0.2) is 0 Å². The Balaban J connectivity index is -0.0000000200. The molecule has 2 radical (unpaired) electrons. The molecule has 0 fully saturated rings. The molecule has 0 spiro atoms. The van der Waals surface area contributed by atoms with Crippen molar-refractivity contribution in [3.63, 3.8) is 0 Å². The van der Waals surface area contributed by atoms with Crippen molar-refractivity contribution >= 4 is 23.7 Å². The van der Waals surface area contributed by atoms with Crippen molar-refractivity contribution in [3.8, 4) is 0 Å². The van der Waals surface area contributed by atoms with Gasteiger partial charge in [0.1, 0.15) is 0 Å². The Bertz CT molecular complexity index is 9.61. The summed E-state index contributed by atoms with van der Waals surface area (Å²) in [5.74, 6) is 0. The average Bonchev–Trinajstić information content (AvgIpc) is 0.918. The monoisotopic (exact) mass is 204 g/mol. The molecule has 0 aromatic carbocycles.